The van der Waals surface area contributed by atoms with Crippen LogP contribution in [0.5, 0.6) is 0 Å². The third-order valence-corrected chi connectivity index (χ3v) is 3.00. The van der Waals surface area contributed by atoms with E-state index < -0.39 is 6.10 Å². The fraction of sp³-hybridized carbons (Fsp3) is 0.357. The van der Waals surface area contributed by atoms with Gasteiger partial charge in [0.05, 0.1) is 37.1 Å². The minimum Gasteiger partial charge on any atom is -0.376 e. The van der Waals surface area contributed by atoms with E-state index in [1.807, 2.05) is 0 Å². The maximum absolute atomic E-state index is 12.0. The van der Waals surface area contributed by atoms with Gasteiger partial charge >= 0.3 is 0 Å². The molecule has 6 heteroatoms. The molecule has 3 N–H and O–H groups in total. The molecule has 1 aromatic rings. The topological polar surface area (TPSA) is 73.6 Å². The zero-order valence-electron chi connectivity index (χ0n) is 10.8. The molecule has 0 spiro atoms. The Balaban J connectivity index is 2.09. The maximum atomic E-state index is 12.0. The second-order valence-corrected chi connectivity index (χ2v) is 4.53. The summed E-state index contributed by atoms with van der Waals surface area (Å²) in [6.45, 7) is 1.44. The van der Waals surface area contributed by atoms with Gasteiger partial charge in [-0.3, -0.25) is 4.79 Å². The molecule has 1 heterocycles. The first kappa shape index (κ1) is 14.8. The van der Waals surface area contributed by atoms with Gasteiger partial charge in [-0.05, 0) is 18.2 Å². The minimum absolute atomic E-state index is 0.246. The first-order chi connectivity index (χ1) is 9.70. The molecule has 1 aliphatic heterocycles. The SMILES string of the molecule is NCC#Cc1ccc(Cl)c(NC(=O)C2COCCO2)c1. The lowest BCUT2D eigenvalue weighted by Crippen LogP contribution is -2.39. The Morgan fingerprint density at radius 1 is 1.50 bits per heavy atom. The lowest BCUT2D eigenvalue weighted by molar-refractivity contribution is -0.142. The smallest absolute Gasteiger partial charge is 0.255 e. The third-order valence-electron chi connectivity index (χ3n) is 2.67. The van der Waals surface area contributed by atoms with Gasteiger partial charge < -0.3 is 20.5 Å². The second kappa shape index (κ2) is 7.27. The lowest BCUT2D eigenvalue weighted by atomic mass is 10.2. The van der Waals surface area contributed by atoms with E-state index in [9.17, 15) is 4.79 Å². The number of ether oxygens (including phenoxy) is 2. The molecule has 1 fully saturated rings. The standard InChI is InChI=1S/C14H15ClN2O3/c15-11-4-3-10(2-1-5-16)8-12(11)17-14(18)13-9-19-6-7-20-13/h3-4,8,13H,5-7,9,16H2,(H,17,18). The van der Waals surface area contributed by atoms with Crippen LogP contribution >= 0.6 is 11.6 Å². The number of carbonyl (C=O) groups excluding carboxylic acids is 1. The Labute approximate surface area is 122 Å². The van der Waals surface area contributed by atoms with Gasteiger partial charge in [0.15, 0.2) is 6.10 Å². The van der Waals surface area contributed by atoms with Crippen LogP contribution in [0.3, 0.4) is 0 Å². The molecular weight excluding hydrogens is 280 g/mol. The average Bonchev–Trinajstić information content (AvgIpc) is 2.49. The Morgan fingerprint density at radius 3 is 3.05 bits per heavy atom. The molecule has 1 aromatic carbocycles. The molecule has 1 amide bonds. The summed E-state index contributed by atoms with van der Waals surface area (Å²) in [6, 6.07) is 5.14. The molecule has 0 aromatic heterocycles. The molecule has 1 atom stereocenters. The number of rotatable bonds is 2. The molecule has 0 bridgehead atoms. The highest BCUT2D eigenvalue weighted by molar-refractivity contribution is 6.33. The van der Waals surface area contributed by atoms with Crippen LogP contribution in [0.2, 0.25) is 5.02 Å². The van der Waals surface area contributed by atoms with Crippen molar-refractivity contribution in [1.82, 2.24) is 0 Å². The summed E-state index contributed by atoms with van der Waals surface area (Å²) in [5.74, 6) is 5.35. The van der Waals surface area contributed by atoms with Crippen molar-refractivity contribution in [1.29, 1.82) is 0 Å². The largest absolute Gasteiger partial charge is 0.376 e. The summed E-state index contributed by atoms with van der Waals surface area (Å²) in [5, 5.41) is 3.16. The summed E-state index contributed by atoms with van der Waals surface area (Å²) >= 11 is 6.05. The van der Waals surface area contributed by atoms with Crippen LogP contribution in [0, 0.1) is 11.8 Å². The Morgan fingerprint density at radius 2 is 2.35 bits per heavy atom. The van der Waals surface area contributed by atoms with Crippen LogP contribution in [0.4, 0.5) is 5.69 Å². The maximum Gasteiger partial charge on any atom is 0.255 e. The Hall–Kier alpha value is -1.58. The molecule has 0 saturated carbocycles. The summed E-state index contributed by atoms with van der Waals surface area (Å²) in [5.41, 5.74) is 6.55. The normalized spacial score (nSPS) is 18.0. The summed E-state index contributed by atoms with van der Waals surface area (Å²) in [6.07, 6.45) is -0.612. The van der Waals surface area contributed by atoms with E-state index in [1.54, 1.807) is 18.2 Å². The van der Waals surface area contributed by atoms with Gasteiger partial charge in [0, 0.05) is 5.56 Å². The van der Waals surface area contributed by atoms with Gasteiger partial charge in [-0.15, -0.1) is 0 Å². The highest BCUT2D eigenvalue weighted by Gasteiger charge is 2.23. The predicted octanol–water partition coefficient (Wildman–Crippen LogP) is 1.00. The van der Waals surface area contributed by atoms with E-state index in [2.05, 4.69) is 17.2 Å². The molecule has 1 unspecified atom stereocenters. The molecule has 2 rings (SSSR count). The van der Waals surface area contributed by atoms with Gasteiger partial charge in [0.25, 0.3) is 5.91 Å². The molecule has 106 valence electrons. The summed E-state index contributed by atoms with van der Waals surface area (Å²) in [4.78, 5) is 12.0. The molecule has 20 heavy (non-hydrogen) atoms. The molecule has 1 saturated heterocycles. The first-order valence-corrected chi connectivity index (χ1v) is 6.57. The monoisotopic (exact) mass is 294 g/mol. The Bertz CT molecular complexity index is 545. The van der Waals surface area contributed by atoms with Gasteiger partial charge in [-0.25, -0.2) is 0 Å². The van der Waals surface area contributed by atoms with Crippen molar-refractivity contribution in [2.45, 2.75) is 6.10 Å². The number of halogens is 1. The average molecular weight is 295 g/mol. The van der Waals surface area contributed by atoms with Crippen molar-refractivity contribution < 1.29 is 14.3 Å². The van der Waals surface area contributed by atoms with E-state index >= 15 is 0 Å². The quantitative estimate of drug-likeness (QED) is 0.798. The van der Waals surface area contributed by atoms with E-state index in [-0.39, 0.29) is 19.1 Å². The van der Waals surface area contributed by atoms with Crippen LogP contribution < -0.4 is 11.1 Å². The highest BCUT2D eigenvalue weighted by Crippen LogP contribution is 2.23. The number of hydrogen-bond acceptors (Lipinski definition) is 4. The molecule has 1 aliphatic rings. The fourth-order valence-electron chi connectivity index (χ4n) is 1.70. The van der Waals surface area contributed by atoms with E-state index in [1.165, 1.54) is 0 Å². The number of anilines is 1. The van der Waals surface area contributed by atoms with Crippen LogP contribution in [0.1, 0.15) is 5.56 Å². The zero-order valence-corrected chi connectivity index (χ0v) is 11.6. The summed E-state index contributed by atoms with van der Waals surface area (Å²) in [7, 11) is 0. The van der Waals surface area contributed by atoms with Gasteiger partial charge in [-0.2, -0.15) is 0 Å². The highest BCUT2D eigenvalue weighted by atomic mass is 35.5. The molecular formula is C14H15ClN2O3. The Kier molecular flexibility index (Phi) is 5.39. The number of nitrogens with one attached hydrogen (secondary N) is 1. The van der Waals surface area contributed by atoms with E-state index in [0.29, 0.717) is 23.9 Å². The van der Waals surface area contributed by atoms with E-state index in [4.69, 9.17) is 26.8 Å². The van der Waals surface area contributed by atoms with Gasteiger partial charge in [-0.1, -0.05) is 23.4 Å². The first-order valence-electron chi connectivity index (χ1n) is 6.19. The van der Waals surface area contributed by atoms with Crippen molar-refractivity contribution in [2.75, 3.05) is 31.7 Å². The van der Waals surface area contributed by atoms with Gasteiger partial charge in [0.2, 0.25) is 0 Å². The summed E-state index contributed by atoms with van der Waals surface area (Å²) < 4.78 is 10.5. The number of carbonyl (C=O) groups is 1. The van der Waals surface area contributed by atoms with Crippen molar-refractivity contribution >= 4 is 23.2 Å². The van der Waals surface area contributed by atoms with Crippen LogP contribution in [-0.4, -0.2) is 38.4 Å². The van der Waals surface area contributed by atoms with Crippen molar-refractivity contribution in [3.05, 3.63) is 28.8 Å². The fourth-order valence-corrected chi connectivity index (χ4v) is 1.87. The number of hydrogen-bond donors (Lipinski definition) is 2. The number of amides is 1. The van der Waals surface area contributed by atoms with Crippen molar-refractivity contribution in [2.24, 2.45) is 5.73 Å². The van der Waals surface area contributed by atoms with Crippen LogP contribution in [0.15, 0.2) is 18.2 Å². The van der Waals surface area contributed by atoms with Crippen molar-refractivity contribution in [3.8, 4) is 11.8 Å². The predicted molar refractivity (Wildman–Crippen MR) is 76.6 cm³/mol. The van der Waals surface area contributed by atoms with E-state index in [0.717, 1.165) is 5.56 Å². The van der Waals surface area contributed by atoms with Crippen LogP contribution in [0.25, 0.3) is 0 Å². The second-order valence-electron chi connectivity index (χ2n) is 4.12. The number of benzene rings is 1. The zero-order chi connectivity index (χ0) is 14.4. The molecule has 5 nitrogen and oxygen atoms in total. The molecule has 0 aliphatic carbocycles. The van der Waals surface area contributed by atoms with Crippen molar-refractivity contribution in [3.63, 3.8) is 0 Å². The van der Waals surface area contributed by atoms with Gasteiger partial charge in [0.1, 0.15) is 0 Å². The molecule has 0 radical (unpaired) electrons. The third kappa shape index (κ3) is 3.95. The minimum atomic E-state index is -0.612. The van der Waals surface area contributed by atoms with Crippen LogP contribution in [-0.2, 0) is 14.3 Å². The lowest BCUT2D eigenvalue weighted by Gasteiger charge is -2.22. The number of nitrogens with two attached hydrogens (primary N) is 1.